The smallest absolute Gasteiger partial charge is 0.472 e. The molecule has 368 valence electrons. The molecule has 2 atom stereocenters. The van der Waals surface area contributed by atoms with Gasteiger partial charge >= 0.3 is 73.6 Å². The molecule has 0 heterocycles. The molecule has 0 aromatic rings. The number of unbranched alkanes of at least 4 members (excludes halogenated alkanes) is 10. The van der Waals surface area contributed by atoms with Gasteiger partial charge < -0.3 is 25.2 Å². The SMILES string of the molecule is NC(COP(=O)(O)OC(COC(=O)CCCCCCCCC(F)(F)C(F)(F)C(F)(F)C(F)(F)F)COC(=O)CCCCCCCCC(F)(F)C(F)(F)C(F)(F)C(F)(F)F)C(=O)O. The Kier molecular flexibility index (Phi) is 22.9. The average molecular weight is 976 g/mol. The number of carboxylic acids is 1. The number of esters is 2. The minimum absolute atomic E-state index is 0.00107. The maximum absolute atomic E-state index is 13.6. The fourth-order valence-electron chi connectivity index (χ4n) is 4.87. The molecule has 0 rings (SSSR count). The Morgan fingerprint density at radius 3 is 1.11 bits per heavy atom. The van der Waals surface area contributed by atoms with Gasteiger partial charge in [-0.05, 0) is 25.7 Å². The summed E-state index contributed by atoms with van der Waals surface area (Å²) >= 11 is 0. The molecule has 4 N–H and O–H groups in total. The first kappa shape index (κ1) is 59.2. The molecule has 0 aromatic carbocycles. The quantitative estimate of drug-likeness (QED) is 0.0254. The second-order valence-electron chi connectivity index (χ2n) is 13.7. The van der Waals surface area contributed by atoms with Crippen molar-refractivity contribution in [1.29, 1.82) is 0 Å². The number of phosphoric acid groups is 1. The van der Waals surface area contributed by atoms with Crippen LogP contribution in [0.25, 0.3) is 0 Å². The number of carbonyl (C=O) groups excluding carboxylic acids is 2. The molecular weight excluding hydrogens is 931 g/mol. The number of phosphoric ester groups is 1. The van der Waals surface area contributed by atoms with Gasteiger partial charge in [0.15, 0.2) is 0 Å². The van der Waals surface area contributed by atoms with Crippen molar-refractivity contribution >= 4 is 25.7 Å². The number of hydrogen-bond acceptors (Lipinski definition) is 9. The lowest BCUT2D eigenvalue weighted by atomic mass is 9.97. The van der Waals surface area contributed by atoms with Crippen molar-refractivity contribution < 1.29 is 126 Å². The number of alkyl halides is 18. The fraction of sp³-hybridized carbons (Fsp3) is 0.906. The summed E-state index contributed by atoms with van der Waals surface area (Å²) < 4.78 is 264. The molecule has 0 aliphatic heterocycles. The monoisotopic (exact) mass is 975 g/mol. The molecule has 0 saturated carbocycles. The predicted octanol–water partition coefficient (Wildman–Crippen LogP) is 10.2. The third-order valence-electron chi connectivity index (χ3n) is 8.54. The number of aliphatic carboxylic acids is 1. The summed E-state index contributed by atoms with van der Waals surface area (Å²) in [5.74, 6) is -42.5. The number of halogens is 18. The number of nitrogens with two attached hydrogens (primary N) is 1. The molecule has 0 radical (unpaired) electrons. The van der Waals surface area contributed by atoms with Crippen LogP contribution in [0.3, 0.4) is 0 Å². The first-order valence-electron chi connectivity index (χ1n) is 18.3. The summed E-state index contributed by atoms with van der Waals surface area (Å²) in [5.41, 5.74) is 5.17. The summed E-state index contributed by atoms with van der Waals surface area (Å²) in [6, 6.07) is -1.81. The summed E-state index contributed by atoms with van der Waals surface area (Å²) in [4.78, 5) is 45.2. The topological polar surface area (TPSA) is 172 Å². The van der Waals surface area contributed by atoms with Crippen molar-refractivity contribution in [2.75, 3.05) is 19.8 Å². The zero-order chi connectivity index (χ0) is 48.7. The summed E-state index contributed by atoms with van der Waals surface area (Å²) in [7, 11) is -5.19. The molecule has 11 nitrogen and oxygen atoms in total. The van der Waals surface area contributed by atoms with Crippen LogP contribution in [0.5, 0.6) is 0 Å². The highest BCUT2D eigenvalue weighted by Crippen LogP contribution is 2.55. The van der Waals surface area contributed by atoms with E-state index in [0.717, 1.165) is 0 Å². The Bertz CT molecular complexity index is 1370. The van der Waals surface area contributed by atoms with E-state index >= 15 is 0 Å². The van der Waals surface area contributed by atoms with Crippen molar-refractivity contribution in [3.05, 3.63) is 0 Å². The third kappa shape index (κ3) is 18.0. The summed E-state index contributed by atoms with van der Waals surface area (Å²) in [6.07, 6.45) is -22.1. The van der Waals surface area contributed by atoms with Gasteiger partial charge in [-0.2, -0.15) is 79.0 Å². The lowest BCUT2D eigenvalue weighted by molar-refractivity contribution is -0.396. The van der Waals surface area contributed by atoms with Crippen molar-refractivity contribution in [2.45, 2.75) is 163 Å². The molecule has 0 aliphatic carbocycles. The molecule has 2 unspecified atom stereocenters. The number of hydrogen-bond donors (Lipinski definition) is 3. The molecule has 0 aromatic heterocycles. The highest BCUT2D eigenvalue weighted by molar-refractivity contribution is 7.47. The van der Waals surface area contributed by atoms with E-state index in [-0.39, 0.29) is 77.0 Å². The van der Waals surface area contributed by atoms with Crippen LogP contribution in [0.1, 0.15) is 103 Å². The average Bonchev–Trinajstić information content (AvgIpc) is 3.12. The van der Waals surface area contributed by atoms with Crippen LogP contribution in [-0.4, -0.2) is 108 Å². The van der Waals surface area contributed by atoms with Gasteiger partial charge in [-0.1, -0.05) is 51.4 Å². The molecule has 0 fully saturated rings. The molecule has 0 aliphatic rings. The van der Waals surface area contributed by atoms with E-state index in [2.05, 4.69) is 4.52 Å². The molecular formula is C32H44F18NO10P. The highest BCUT2D eigenvalue weighted by Gasteiger charge is 2.82. The Balaban J connectivity index is 4.88. The van der Waals surface area contributed by atoms with E-state index in [1.807, 2.05) is 0 Å². The Labute approximate surface area is 340 Å². The van der Waals surface area contributed by atoms with E-state index in [4.69, 9.17) is 24.8 Å². The maximum atomic E-state index is 13.6. The lowest BCUT2D eigenvalue weighted by Crippen LogP contribution is -2.60. The molecule has 0 amide bonds. The van der Waals surface area contributed by atoms with E-state index < -0.39 is 131 Å². The van der Waals surface area contributed by atoms with Gasteiger partial charge in [0.05, 0.1) is 6.61 Å². The van der Waals surface area contributed by atoms with Crippen LogP contribution in [0.4, 0.5) is 79.0 Å². The number of carbonyl (C=O) groups is 3. The lowest BCUT2D eigenvalue weighted by Gasteiger charge is -2.33. The summed E-state index contributed by atoms with van der Waals surface area (Å²) in [6.45, 7) is -2.88. The largest absolute Gasteiger partial charge is 0.480 e. The van der Waals surface area contributed by atoms with Crippen molar-refractivity contribution in [2.24, 2.45) is 5.73 Å². The standard InChI is InChI=1S/C32H44F18NO10P/c33-25(34,27(37,38)29(41,42)31(45,46)47)15-11-7-3-1-5-9-13-22(52)58-17-20(61-62(56,57)60-19-21(51)24(54)55)18-59-23(53)14-10-6-2-4-8-12-16-26(35,36)28(39,40)30(43,44)32(48,49)50/h20-21H,1-19,51H2,(H,54,55)(H,56,57). The molecule has 0 saturated heterocycles. The third-order valence-corrected chi connectivity index (χ3v) is 9.58. The zero-order valence-electron chi connectivity index (χ0n) is 32.1. The van der Waals surface area contributed by atoms with Gasteiger partial charge in [-0.15, -0.1) is 0 Å². The van der Waals surface area contributed by atoms with Crippen LogP contribution in [0, 0.1) is 0 Å². The van der Waals surface area contributed by atoms with Gasteiger partial charge in [0.1, 0.15) is 25.4 Å². The van der Waals surface area contributed by atoms with Gasteiger partial charge in [-0.3, -0.25) is 23.4 Å². The van der Waals surface area contributed by atoms with Crippen LogP contribution in [0.15, 0.2) is 0 Å². The van der Waals surface area contributed by atoms with Gasteiger partial charge in [0.25, 0.3) is 0 Å². The van der Waals surface area contributed by atoms with E-state index in [0.29, 0.717) is 0 Å². The van der Waals surface area contributed by atoms with Crippen molar-refractivity contribution in [1.82, 2.24) is 0 Å². The van der Waals surface area contributed by atoms with Crippen LogP contribution >= 0.6 is 7.82 Å². The fourth-order valence-corrected chi connectivity index (χ4v) is 5.77. The number of ether oxygens (including phenoxy) is 2. The highest BCUT2D eigenvalue weighted by atomic mass is 31.2. The van der Waals surface area contributed by atoms with Crippen molar-refractivity contribution in [3.8, 4) is 0 Å². The molecule has 30 heteroatoms. The van der Waals surface area contributed by atoms with E-state index in [9.17, 15) is 103 Å². The second kappa shape index (κ2) is 23.9. The Hall–Kier alpha value is -2.78. The van der Waals surface area contributed by atoms with Crippen molar-refractivity contribution in [3.63, 3.8) is 0 Å². The maximum Gasteiger partial charge on any atom is 0.472 e. The zero-order valence-corrected chi connectivity index (χ0v) is 33.0. The van der Waals surface area contributed by atoms with Crippen LogP contribution < -0.4 is 5.73 Å². The Morgan fingerprint density at radius 1 is 0.500 bits per heavy atom. The molecule has 62 heavy (non-hydrogen) atoms. The number of rotatable bonds is 32. The van der Waals surface area contributed by atoms with Gasteiger partial charge in [0.2, 0.25) is 0 Å². The Morgan fingerprint density at radius 2 is 0.806 bits per heavy atom. The molecule has 0 spiro atoms. The minimum atomic E-state index is -7.00. The number of carboxylic acid groups (broad SMARTS) is 1. The first-order valence-corrected chi connectivity index (χ1v) is 19.8. The molecule has 0 bridgehead atoms. The van der Waals surface area contributed by atoms with E-state index in [1.54, 1.807) is 0 Å². The van der Waals surface area contributed by atoms with Crippen LogP contribution in [-0.2, 0) is 37.5 Å². The van der Waals surface area contributed by atoms with Gasteiger partial charge in [-0.25, -0.2) is 4.57 Å². The normalized spacial score (nSPS) is 15.4. The predicted molar refractivity (Wildman–Crippen MR) is 174 cm³/mol. The minimum Gasteiger partial charge on any atom is -0.480 e. The van der Waals surface area contributed by atoms with Crippen LogP contribution in [0.2, 0.25) is 0 Å². The summed E-state index contributed by atoms with van der Waals surface area (Å²) in [5, 5.41) is 8.80. The van der Waals surface area contributed by atoms with Gasteiger partial charge in [0, 0.05) is 25.7 Å². The second-order valence-corrected chi connectivity index (χ2v) is 15.2. The van der Waals surface area contributed by atoms with E-state index in [1.165, 1.54) is 0 Å². The first-order chi connectivity index (χ1) is 27.9.